The van der Waals surface area contributed by atoms with E-state index in [1.165, 1.54) is 0 Å². The number of hydrogen-bond acceptors (Lipinski definition) is 3. The highest BCUT2D eigenvalue weighted by molar-refractivity contribution is 5.82. The molecule has 17 heavy (non-hydrogen) atoms. The molecule has 0 fully saturated rings. The summed E-state index contributed by atoms with van der Waals surface area (Å²) in [6.07, 6.45) is 0. The Morgan fingerprint density at radius 2 is 2.12 bits per heavy atom. The fraction of sp³-hybridized carbons (Fsp3) is 0.182. The van der Waals surface area contributed by atoms with E-state index in [2.05, 4.69) is 10.1 Å². The van der Waals surface area contributed by atoms with Crippen LogP contribution >= 0.6 is 0 Å². The maximum absolute atomic E-state index is 11.6. The molecule has 2 aromatic rings. The Kier molecular flexibility index (Phi) is 2.55. The van der Waals surface area contributed by atoms with E-state index in [0.29, 0.717) is 5.69 Å². The zero-order chi connectivity index (χ0) is 12.6. The number of nitrogens with zero attached hydrogens (tertiary/aromatic N) is 2. The first-order valence-electron chi connectivity index (χ1n) is 4.99. The summed E-state index contributed by atoms with van der Waals surface area (Å²) >= 11 is 0. The summed E-state index contributed by atoms with van der Waals surface area (Å²) in [5.41, 5.74) is 1.84. The first-order valence-corrected chi connectivity index (χ1v) is 4.99. The third-order valence-corrected chi connectivity index (χ3v) is 2.41. The highest BCUT2D eigenvalue weighted by Crippen LogP contribution is 2.13. The highest BCUT2D eigenvalue weighted by Gasteiger charge is 2.13. The Hall–Kier alpha value is -2.37. The Morgan fingerprint density at radius 1 is 1.41 bits per heavy atom. The number of hydrogen-bond donors (Lipinski definition) is 2. The summed E-state index contributed by atoms with van der Waals surface area (Å²) < 4.78 is 1.06. The Morgan fingerprint density at radius 3 is 2.71 bits per heavy atom. The fourth-order valence-corrected chi connectivity index (χ4v) is 1.53. The van der Waals surface area contributed by atoms with Crippen LogP contribution in [0, 0.1) is 13.8 Å². The number of carbonyl (C=O) groups is 1. The number of aromatic carboxylic acids is 1. The Bertz CT molecular complexity index is 640. The first kappa shape index (κ1) is 11.1. The number of carboxylic acids is 1. The van der Waals surface area contributed by atoms with Gasteiger partial charge in [0.2, 0.25) is 5.82 Å². The van der Waals surface area contributed by atoms with Gasteiger partial charge in [0.1, 0.15) is 0 Å². The van der Waals surface area contributed by atoms with E-state index in [0.717, 1.165) is 15.8 Å². The summed E-state index contributed by atoms with van der Waals surface area (Å²) in [6, 6.07) is 5.55. The average Bonchev–Trinajstić information content (AvgIpc) is 2.64. The van der Waals surface area contributed by atoms with Crippen molar-refractivity contribution < 1.29 is 9.90 Å². The highest BCUT2D eigenvalue weighted by atomic mass is 16.4. The molecule has 0 aliphatic rings. The van der Waals surface area contributed by atoms with Gasteiger partial charge in [-0.25, -0.2) is 9.59 Å². The minimum absolute atomic E-state index is 0.365. The maximum atomic E-state index is 11.6. The van der Waals surface area contributed by atoms with Crippen molar-refractivity contribution in [2.75, 3.05) is 0 Å². The predicted molar refractivity (Wildman–Crippen MR) is 60.6 cm³/mol. The summed E-state index contributed by atoms with van der Waals surface area (Å²) in [5.74, 6) is -1.62. The van der Waals surface area contributed by atoms with Gasteiger partial charge in [-0.05, 0) is 31.0 Å². The average molecular weight is 233 g/mol. The van der Waals surface area contributed by atoms with Crippen LogP contribution in [0.1, 0.15) is 21.7 Å². The fourth-order valence-electron chi connectivity index (χ4n) is 1.53. The van der Waals surface area contributed by atoms with Crippen molar-refractivity contribution in [3.05, 3.63) is 45.6 Å². The number of aromatic nitrogens is 3. The summed E-state index contributed by atoms with van der Waals surface area (Å²) in [7, 11) is 0. The number of H-pyrrole nitrogens is 1. The second-order valence-electron chi connectivity index (χ2n) is 3.79. The zero-order valence-electron chi connectivity index (χ0n) is 9.39. The standard InChI is InChI=1S/C11H11N3O3/c1-6-3-4-7(2)8(5-6)14-11(17)12-9(13-14)10(15)16/h3-5H,1-2H3,(H,15,16)(H,12,13,17). The van der Waals surface area contributed by atoms with E-state index >= 15 is 0 Å². The van der Waals surface area contributed by atoms with Crippen molar-refractivity contribution >= 4 is 5.97 Å². The lowest BCUT2D eigenvalue weighted by molar-refractivity contribution is 0.0683. The van der Waals surface area contributed by atoms with Gasteiger partial charge >= 0.3 is 11.7 Å². The Labute approximate surface area is 96.5 Å². The molecule has 0 spiro atoms. The first-order chi connectivity index (χ1) is 7.99. The molecule has 0 aliphatic heterocycles. The van der Waals surface area contributed by atoms with Crippen LogP contribution in [-0.4, -0.2) is 25.8 Å². The molecule has 0 bridgehead atoms. The maximum Gasteiger partial charge on any atom is 0.373 e. The van der Waals surface area contributed by atoms with Gasteiger partial charge in [0, 0.05) is 0 Å². The molecule has 1 aromatic carbocycles. The van der Waals surface area contributed by atoms with Crippen LogP contribution in [0.2, 0.25) is 0 Å². The molecule has 0 saturated heterocycles. The second kappa shape index (κ2) is 3.89. The van der Waals surface area contributed by atoms with Crippen LogP contribution in [0.15, 0.2) is 23.0 Å². The second-order valence-corrected chi connectivity index (χ2v) is 3.79. The van der Waals surface area contributed by atoms with Crippen molar-refractivity contribution in [3.63, 3.8) is 0 Å². The summed E-state index contributed by atoms with van der Waals surface area (Å²) in [4.78, 5) is 24.5. The van der Waals surface area contributed by atoms with Crippen LogP contribution in [0.5, 0.6) is 0 Å². The number of rotatable bonds is 2. The number of carboxylic acid groups (broad SMARTS) is 1. The molecule has 0 radical (unpaired) electrons. The van der Waals surface area contributed by atoms with Gasteiger partial charge in [0.05, 0.1) is 5.69 Å². The van der Waals surface area contributed by atoms with Crippen molar-refractivity contribution in [3.8, 4) is 5.69 Å². The van der Waals surface area contributed by atoms with Crippen molar-refractivity contribution in [1.29, 1.82) is 0 Å². The molecule has 6 nitrogen and oxygen atoms in total. The van der Waals surface area contributed by atoms with Gasteiger partial charge in [-0.15, -0.1) is 5.10 Å². The minimum atomic E-state index is -1.26. The van der Waals surface area contributed by atoms with Gasteiger partial charge in [-0.1, -0.05) is 12.1 Å². The van der Waals surface area contributed by atoms with Gasteiger partial charge in [0.25, 0.3) is 0 Å². The van der Waals surface area contributed by atoms with Gasteiger partial charge < -0.3 is 5.11 Å². The number of nitrogens with one attached hydrogen (secondary N) is 1. The molecule has 0 unspecified atom stereocenters. The molecule has 1 heterocycles. The molecule has 2 rings (SSSR count). The minimum Gasteiger partial charge on any atom is -0.475 e. The third-order valence-electron chi connectivity index (χ3n) is 2.41. The lowest BCUT2D eigenvalue weighted by Crippen LogP contribution is -2.17. The van der Waals surface area contributed by atoms with Gasteiger partial charge in [0.15, 0.2) is 0 Å². The number of aryl methyl sites for hydroxylation is 2. The lowest BCUT2D eigenvalue weighted by atomic mass is 10.1. The van der Waals surface area contributed by atoms with E-state index in [-0.39, 0.29) is 5.82 Å². The molecule has 6 heteroatoms. The molecular weight excluding hydrogens is 222 g/mol. The number of benzene rings is 1. The van der Waals surface area contributed by atoms with E-state index in [9.17, 15) is 9.59 Å². The Balaban J connectivity index is 2.64. The normalized spacial score (nSPS) is 10.5. The van der Waals surface area contributed by atoms with Crippen LogP contribution in [0.3, 0.4) is 0 Å². The summed E-state index contributed by atoms with van der Waals surface area (Å²) in [6.45, 7) is 3.72. The predicted octanol–water partition coefficient (Wildman–Crippen LogP) is 0.876. The molecule has 0 saturated carbocycles. The van der Waals surface area contributed by atoms with E-state index in [1.54, 1.807) is 6.07 Å². The third kappa shape index (κ3) is 1.96. The molecule has 0 aliphatic carbocycles. The lowest BCUT2D eigenvalue weighted by Gasteiger charge is -2.04. The topological polar surface area (TPSA) is 88.0 Å². The van der Waals surface area contributed by atoms with E-state index < -0.39 is 11.7 Å². The quantitative estimate of drug-likeness (QED) is 0.805. The SMILES string of the molecule is Cc1ccc(C)c(-n2nc(C(=O)O)[nH]c2=O)c1. The molecule has 0 amide bonds. The molecule has 1 aromatic heterocycles. The zero-order valence-corrected chi connectivity index (χ0v) is 9.39. The largest absolute Gasteiger partial charge is 0.475 e. The molecular formula is C11H11N3O3. The molecule has 2 N–H and O–H groups in total. The smallest absolute Gasteiger partial charge is 0.373 e. The molecule has 88 valence electrons. The number of aromatic amines is 1. The van der Waals surface area contributed by atoms with Crippen LogP contribution < -0.4 is 5.69 Å². The van der Waals surface area contributed by atoms with Crippen molar-refractivity contribution in [2.45, 2.75) is 13.8 Å². The summed E-state index contributed by atoms with van der Waals surface area (Å²) in [5, 5.41) is 12.5. The van der Waals surface area contributed by atoms with Crippen LogP contribution in [0.25, 0.3) is 5.69 Å². The van der Waals surface area contributed by atoms with Crippen LogP contribution in [0.4, 0.5) is 0 Å². The molecule has 0 atom stereocenters. The van der Waals surface area contributed by atoms with E-state index in [4.69, 9.17) is 5.11 Å². The van der Waals surface area contributed by atoms with E-state index in [1.807, 2.05) is 26.0 Å². The van der Waals surface area contributed by atoms with Gasteiger partial charge in [-0.2, -0.15) is 4.68 Å². The van der Waals surface area contributed by atoms with Crippen molar-refractivity contribution in [1.82, 2.24) is 14.8 Å². The monoisotopic (exact) mass is 233 g/mol. The van der Waals surface area contributed by atoms with Crippen molar-refractivity contribution in [2.24, 2.45) is 0 Å². The van der Waals surface area contributed by atoms with Crippen LogP contribution in [-0.2, 0) is 0 Å². The van der Waals surface area contributed by atoms with Gasteiger partial charge in [-0.3, -0.25) is 4.98 Å².